The number of anilines is 1. The summed E-state index contributed by atoms with van der Waals surface area (Å²) in [5.41, 5.74) is 2.35. The smallest absolute Gasteiger partial charge is 0.337 e. The van der Waals surface area contributed by atoms with Crippen molar-refractivity contribution in [1.29, 1.82) is 0 Å². The highest BCUT2D eigenvalue weighted by atomic mass is 35.5. The Hall–Kier alpha value is -3.19. The van der Waals surface area contributed by atoms with Gasteiger partial charge in [-0.25, -0.2) is 4.79 Å². The first-order chi connectivity index (χ1) is 12.9. The maximum atomic E-state index is 12.5. The molecule has 0 atom stereocenters. The molecule has 8 heteroatoms. The van der Waals surface area contributed by atoms with Crippen molar-refractivity contribution in [3.8, 4) is 0 Å². The lowest BCUT2D eigenvalue weighted by Gasteiger charge is -2.15. The molecule has 1 heterocycles. The second-order valence-electron chi connectivity index (χ2n) is 5.88. The van der Waals surface area contributed by atoms with Crippen LogP contribution in [0.25, 0.3) is 6.08 Å². The van der Waals surface area contributed by atoms with Crippen LogP contribution >= 0.6 is 11.6 Å². The first-order valence-corrected chi connectivity index (χ1v) is 8.43. The van der Waals surface area contributed by atoms with Gasteiger partial charge in [-0.3, -0.25) is 14.9 Å². The second-order valence-corrected chi connectivity index (χ2v) is 6.28. The number of rotatable bonds is 4. The van der Waals surface area contributed by atoms with E-state index in [9.17, 15) is 19.7 Å². The molecule has 1 amide bonds. The highest BCUT2D eigenvalue weighted by molar-refractivity contribution is 6.32. The van der Waals surface area contributed by atoms with Crippen LogP contribution < -0.4 is 4.90 Å². The lowest BCUT2D eigenvalue weighted by Crippen LogP contribution is -2.26. The Labute approximate surface area is 160 Å². The highest BCUT2D eigenvalue weighted by Crippen LogP contribution is 2.30. The number of amides is 1. The Morgan fingerprint density at radius 1 is 1.26 bits per heavy atom. The molecular formula is C19H15ClN2O5. The fraction of sp³-hybridized carbons (Fsp3) is 0.158. The SMILES string of the molecule is COC(=O)c1ccc2c(c1)CCN2C(=O)/C=C/c1ccc(Cl)c([N+](=O)[O-])c1. The van der Waals surface area contributed by atoms with Crippen molar-refractivity contribution in [1.82, 2.24) is 0 Å². The Balaban J connectivity index is 1.79. The van der Waals surface area contributed by atoms with Crippen molar-refractivity contribution < 1.29 is 19.2 Å². The summed E-state index contributed by atoms with van der Waals surface area (Å²) in [5, 5.41) is 11.0. The van der Waals surface area contributed by atoms with Crippen LogP contribution in [-0.2, 0) is 16.0 Å². The van der Waals surface area contributed by atoms with Crippen LogP contribution in [0.4, 0.5) is 11.4 Å². The van der Waals surface area contributed by atoms with E-state index >= 15 is 0 Å². The van der Waals surface area contributed by atoms with E-state index in [1.165, 1.54) is 31.4 Å². The summed E-state index contributed by atoms with van der Waals surface area (Å²) in [4.78, 5) is 36.1. The third-order valence-electron chi connectivity index (χ3n) is 4.25. The van der Waals surface area contributed by atoms with Gasteiger partial charge in [0.1, 0.15) is 5.02 Å². The zero-order valence-corrected chi connectivity index (χ0v) is 15.1. The lowest BCUT2D eigenvalue weighted by atomic mass is 10.1. The Bertz CT molecular complexity index is 971. The summed E-state index contributed by atoms with van der Waals surface area (Å²) in [6.45, 7) is 0.490. The molecule has 1 aliphatic rings. The molecule has 0 saturated heterocycles. The number of hydrogen-bond acceptors (Lipinski definition) is 5. The van der Waals surface area contributed by atoms with Gasteiger partial charge in [-0.1, -0.05) is 17.7 Å². The van der Waals surface area contributed by atoms with Gasteiger partial charge in [0, 0.05) is 24.4 Å². The Morgan fingerprint density at radius 2 is 2.04 bits per heavy atom. The van der Waals surface area contributed by atoms with Crippen molar-refractivity contribution in [2.45, 2.75) is 6.42 Å². The third-order valence-corrected chi connectivity index (χ3v) is 4.57. The molecule has 7 nitrogen and oxygen atoms in total. The van der Waals surface area contributed by atoms with Crippen molar-refractivity contribution in [3.05, 3.63) is 74.3 Å². The molecule has 2 aromatic rings. The molecular weight excluding hydrogens is 372 g/mol. The summed E-state index contributed by atoms with van der Waals surface area (Å²) in [6, 6.07) is 9.38. The van der Waals surface area contributed by atoms with Crippen LogP contribution in [0.15, 0.2) is 42.5 Å². The predicted molar refractivity (Wildman–Crippen MR) is 101 cm³/mol. The van der Waals surface area contributed by atoms with Crippen LogP contribution in [0.5, 0.6) is 0 Å². The number of halogens is 1. The molecule has 2 aromatic carbocycles. The van der Waals surface area contributed by atoms with E-state index in [2.05, 4.69) is 0 Å². The molecule has 138 valence electrons. The first kappa shape index (κ1) is 18.6. The average Bonchev–Trinajstić information content (AvgIpc) is 3.09. The average molecular weight is 387 g/mol. The molecule has 0 N–H and O–H groups in total. The van der Waals surface area contributed by atoms with E-state index in [0.717, 1.165) is 11.3 Å². The normalized spacial score (nSPS) is 12.9. The summed E-state index contributed by atoms with van der Waals surface area (Å²) >= 11 is 5.79. The van der Waals surface area contributed by atoms with Gasteiger partial charge in [-0.15, -0.1) is 0 Å². The quantitative estimate of drug-likeness (QED) is 0.346. The van der Waals surface area contributed by atoms with Gasteiger partial charge in [0.25, 0.3) is 11.6 Å². The Kier molecular flexibility index (Phi) is 5.23. The van der Waals surface area contributed by atoms with Crippen molar-refractivity contribution in [2.75, 3.05) is 18.6 Å². The second kappa shape index (κ2) is 7.59. The van der Waals surface area contributed by atoms with E-state index in [4.69, 9.17) is 16.3 Å². The molecule has 3 rings (SSSR count). The fourth-order valence-corrected chi connectivity index (χ4v) is 3.09. The van der Waals surface area contributed by atoms with Crippen LogP contribution in [-0.4, -0.2) is 30.5 Å². The largest absolute Gasteiger partial charge is 0.465 e. The number of ether oxygens (including phenoxy) is 1. The number of nitro benzene ring substituents is 1. The molecule has 0 radical (unpaired) electrons. The monoisotopic (exact) mass is 386 g/mol. The van der Waals surface area contributed by atoms with Gasteiger partial charge in [-0.2, -0.15) is 0 Å². The van der Waals surface area contributed by atoms with Gasteiger partial charge in [0.15, 0.2) is 0 Å². The zero-order chi connectivity index (χ0) is 19.6. The number of fused-ring (bicyclic) bond motifs is 1. The lowest BCUT2D eigenvalue weighted by molar-refractivity contribution is -0.384. The standard InChI is InChI=1S/C19H15ClN2O5/c1-27-19(24)14-4-6-16-13(11-14)8-9-21(16)18(23)7-3-12-2-5-15(20)17(10-12)22(25)26/h2-7,10-11H,8-9H2,1H3/b7-3+. The highest BCUT2D eigenvalue weighted by Gasteiger charge is 2.24. The maximum absolute atomic E-state index is 12.5. The maximum Gasteiger partial charge on any atom is 0.337 e. The molecule has 0 fully saturated rings. The zero-order valence-electron chi connectivity index (χ0n) is 14.3. The first-order valence-electron chi connectivity index (χ1n) is 8.05. The van der Waals surface area contributed by atoms with Crippen molar-refractivity contribution in [2.24, 2.45) is 0 Å². The number of benzene rings is 2. The summed E-state index contributed by atoms with van der Waals surface area (Å²) < 4.78 is 4.70. The summed E-state index contributed by atoms with van der Waals surface area (Å²) in [7, 11) is 1.32. The van der Waals surface area contributed by atoms with Gasteiger partial charge >= 0.3 is 5.97 Å². The van der Waals surface area contributed by atoms with Gasteiger partial charge < -0.3 is 9.64 Å². The predicted octanol–water partition coefficient (Wildman–Crippen LogP) is 3.64. The molecule has 0 bridgehead atoms. The van der Waals surface area contributed by atoms with Gasteiger partial charge in [-0.05, 0) is 47.9 Å². The molecule has 0 spiro atoms. The molecule has 1 aliphatic heterocycles. The number of esters is 1. The third kappa shape index (κ3) is 3.83. The number of carbonyl (C=O) groups excluding carboxylic acids is 2. The molecule has 27 heavy (non-hydrogen) atoms. The van der Waals surface area contributed by atoms with Crippen LogP contribution in [0, 0.1) is 10.1 Å². The number of nitrogens with zero attached hydrogens (tertiary/aromatic N) is 2. The number of hydrogen-bond donors (Lipinski definition) is 0. The summed E-state index contributed by atoms with van der Waals surface area (Å²) in [6.07, 6.45) is 3.49. The molecule has 0 aromatic heterocycles. The van der Waals surface area contributed by atoms with Gasteiger partial charge in [0.05, 0.1) is 17.6 Å². The Morgan fingerprint density at radius 3 is 2.74 bits per heavy atom. The van der Waals surface area contributed by atoms with Crippen LogP contribution in [0.2, 0.25) is 5.02 Å². The van der Waals surface area contributed by atoms with Crippen molar-refractivity contribution >= 4 is 40.9 Å². The van der Waals surface area contributed by atoms with E-state index in [0.29, 0.717) is 24.1 Å². The van der Waals surface area contributed by atoms with E-state index in [-0.39, 0.29) is 16.6 Å². The fourth-order valence-electron chi connectivity index (χ4n) is 2.91. The number of nitro groups is 1. The number of methoxy groups -OCH3 is 1. The summed E-state index contributed by atoms with van der Waals surface area (Å²) in [5.74, 6) is -0.677. The minimum absolute atomic E-state index is 0.0401. The minimum atomic E-state index is -0.572. The minimum Gasteiger partial charge on any atom is -0.465 e. The van der Waals surface area contributed by atoms with Crippen LogP contribution in [0.1, 0.15) is 21.5 Å². The molecule has 0 aliphatic carbocycles. The number of carbonyl (C=O) groups is 2. The van der Waals surface area contributed by atoms with Crippen molar-refractivity contribution in [3.63, 3.8) is 0 Å². The van der Waals surface area contributed by atoms with Gasteiger partial charge in [0.2, 0.25) is 0 Å². The van der Waals surface area contributed by atoms with E-state index < -0.39 is 10.9 Å². The topological polar surface area (TPSA) is 89.8 Å². The van der Waals surface area contributed by atoms with E-state index in [1.54, 1.807) is 29.2 Å². The molecule has 0 saturated carbocycles. The van der Waals surface area contributed by atoms with E-state index in [1.807, 2.05) is 0 Å². The molecule has 0 unspecified atom stereocenters. The van der Waals surface area contributed by atoms with Crippen LogP contribution in [0.3, 0.4) is 0 Å².